The molecule has 4 rings (SSSR count). The molecule has 28 heavy (non-hydrogen) atoms. The monoisotopic (exact) mass is 402 g/mol. The topological polar surface area (TPSA) is 74.6 Å². The molecule has 3 heterocycles. The average Bonchev–Trinajstić information content (AvgIpc) is 3.35. The summed E-state index contributed by atoms with van der Waals surface area (Å²) in [5.41, 5.74) is 0.448. The van der Waals surface area contributed by atoms with E-state index in [0.29, 0.717) is 35.3 Å². The number of amidine groups is 1. The standard InChI is InChI=1S/C19H19FN4O3S/c20-14-6-5-13(15(12-14)27-19(26)23-8-3-4-9-23)11-16-17(25)22-18(28-16)24-10-2-1-7-21-24/h5-7,11-12H,1-4,8-10H2. The van der Waals surface area contributed by atoms with Crippen molar-refractivity contribution in [1.29, 1.82) is 0 Å². The molecule has 146 valence electrons. The number of thioether (sulfide) groups is 1. The van der Waals surface area contributed by atoms with Crippen LogP contribution in [-0.4, -0.2) is 52.9 Å². The predicted octanol–water partition coefficient (Wildman–Crippen LogP) is 3.47. The first-order valence-electron chi connectivity index (χ1n) is 9.19. The number of halogens is 1. The van der Waals surface area contributed by atoms with Gasteiger partial charge in [-0.3, -0.25) is 4.79 Å². The third-order valence-electron chi connectivity index (χ3n) is 4.58. The van der Waals surface area contributed by atoms with Gasteiger partial charge in [-0.2, -0.15) is 10.1 Å². The fourth-order valence-electron chi connectivity index (χ4n) is 3.12. The van der Waals surface area contributed by atoms with Crippen LogP contribution in [0.4, 0.5) is 9.18 Å². The number of hydrazone groups is 1. The smallest absolute Gasteiger partial charge is 0.409 e. The molecule has 9 heteroatoms. The lowest BCUT2D eigenvalue weighted by atomic mass is 10.2. The maximum absolute atomic E-state index is 13.7. The number of hydrogen-bond acceptors (Lipinski definition) is 6. The number of ether oxygens (including phenoxy) is 1. The maximum atomic E-state index is 13.7. The Morgan fingerprint density at radius 1 is 1.21 bits per heavy atom. The molecule has 0 aromatic heterocycles. The van der Waals surface area contributed by atoms with Crippen molar-refractivity contribution in [3.8, 4) is 5.75 Å². The minimum absolute atomic E-state index is 0.0854. The second-order valence-electron chi connectivity index (χ2n) is 6.62. The van der Waals surface area contributed by atoms with E-state index >= 15 is 0 Å². The van der Waals surface area contributed by atoms with E-state index in [2.05, 4.69) is 10.1 Å². The van der Waals surface area contributed by atoms with Crippen LogP contribution in [0, 0.1) is 5.82 Å². The predicted molar refractivity (Wildman–Crippen MR) is 106 cm³/mol. The third kappa shape index (κ3) is 4.09. The largest absolute Gasteiger partial charge is 0.415 e. The molecular formula is C19H19FN4O3S. The van der Waals surface area contributed by atoms with Gasteiger partial charge in [0.1, 0.15) is 11.6 Å². The van der Waals surface area contributed by atoms with E-state index in [1.54, 1.807) is 22.2 Å². The van der Waals surface area contributed by atoms with Gasteiger partial charge in [0.15, 0.2) is 5.17 Å². The van der Waals surface area contributed by atoms with Crippen molar-refractivity contribution < 1.29 is 18.7 Å². The molecule has 0 N–H and O–H groups in total. The molecule has 7 nitrogen and oxygen atoms in total. The van der Waals surface area contributed by atoms with Crippen LogP contribution in [0.15, 0.2) is 33.2 Å². The highest BCUT2D eigenvalue weighted by atomic mass is 32.2. The third-order valence-corrected chi connectivity index (χ3v) is 5.57. The summed E-state index contributed by atoms with van der Waals surface area (Å²) in [5, 5.41) is 6.47. The van der Waals surface area contributed by atoms with Crippen LogP contribution >= 0.6 is 11.8 Å². The van der Waals surface area contributed by atoms with Crippen LogP contribution in [-0.2, 0) is 4.79 Å². The lowest BCUT2D eigenvalue weighted by Gasteiger charge is -2.20. The number of carbonyl (C=O) groups is 2. The van der Waals surface area contributed by atoms with E-state index in [-0.39, 0.29) is 11.7 Å². The number of rotatable bonds is 2. The first-order valence-corrected chi connectivity index (χ1v) is 10.0. The second-order valence-corrected chi connectivity index (χ2v) is 7.63. The van der Waals surface area contributed by atoms with E-state index < -0.39 is 11.9 Å². The molecule has 3 aliphatic heterocycles. The van der Waals surface area contributed by atoms with E-state index in [4.69, 9.17) is 4.74 Å². The molecule has 0 spiro atoms. The Morgan fingerprint density at radius 3 is 2.79 bits per heavy atom. The van der Waals surface area contributed by atoms with Gasteiger partial charge in [0.2, 0.25) is 0 Å². The summed E-state index contributed by atoms with van der Waals surface area (Å²) in [7, 11) is 0. The summed E-state index contributed by atoms with van der Waals surface area (Å²) in [6, 6.07) is 3.90. The summed E-state index contributed by atoms with van der Waals surface area (Å²) < 4.78 is 19.1. The molecule has 0 saturated carbocycles. The van der Waals surface area contributed by atoms with Gasteiger partial charge in [-0.25, -0.2) is 14.2 Å². The van der Waals surface area contributed by atoms with Gasteiger partial charge in [0, 0.05) is 37.5 Å². The number of likely N-dealkylation sites (tertiary alicyclic amines) is 1. The molecule has 3 aliphatic rings. The molecule has 0 unspecified atom stereocenters. The van der Waals surface area contributed by atoms with Crippen LogP contribution in [0.2, 0.25) is 0 Å². The Hall–Kier alpha value is -2.68. The first-order chi connectivity index (χ1) is 13.6. The molecule has 0 aliphatic carbocycles. The van der Waals surface area contributed by atoms with Crippen molar-refractivity contribution in [1.82, 2.24) is 9.91 Å². The molecule has 1 aromatic rings. The quantitative estimate of drug-likeness (QED) is 0.708. The SMILES string of the molecule is O=C1N=C(N2CCCC=N2)SC1=Cc1ccc(F)cc1OC(=O)N1CCCC1. The zero-order valence-corrected chi connectivity index (χ0v) is 16.0. The summed E-state index contributed by atoms with van der Waals surface area (Å²) in [5.74, 6) is -0.819. The summed E-state index contributed by atoms with van der Waals surface area (Å²) >= 11 is 1.21. The van der Waals surface area contributed by atoms with Gasteiger partial charge in [-0.05, 0) is 55.7 Å². The number of amides is 2. The Morgan fingerprint density at radius 2 is 2.04 bits per heavy atom. The van der Waals surface area contributed by atoms with Crippen molar-refractivity contribution in [2.45, 2.75) is 25.7 Å². The summed E-state index contributed by atoms with van der Waals surface area (Å²) in [6.45, 7) is 1.97. The van der Waals surface area contributed by atoms with Crippen molar-refractivity contribution >= 4 is 41.2 Å². The Bertz CT molecular complexity index is 893. The molecule has 2 amide bonds. The van der Waals surface area contributed by atoms with E-state index in [1.807, 2.05) is 0 Å². The van der Waals surface area contributed by atoms with Gasteiger partial charge < -0.3 is 9.64 Å². The first kappa shape index (κ1) is 18.7. The van der Waals surface area contributed by atoms with E-state index in [9.17, 15) is 14.0 Å². The number of benzene rings is 1. The Kier molecular flexibility index (Phi) is 5.43. The second kappa shape index (κ2) is 8.14. The van der Waals surface area contributed by atoms with Crippen LogP contribution in [0.1, 0.15) is 31.2 Å². The lowest BCUT2D eigenvalue weighted by molar-refractivity contribution is -0.113. The maximum Gasteiger partial charge on any atom is 0.415 e. The van der Waals surface area contributed by atoms with Crippen LogP contribution in [0.25, 0.3) is 6.08 Å². The molecule has 1 aromatic carbocycles. The minimum Gasteiger partial charge on any atom is -0.409 e. The van der Waals surface area contributed by atoms with Gasteiger partial charge in [0.25, 0.3) is 5.91 Å². The zero-order valence-electron chi connectivity index (χ0n) is 15.1. The van der Waals surface area contributed by atoms with Gasteiger partial charge in [-0.15, -0.1) is 0 Å². The highest BCUT2D eigenvalue weighted by molar-refractivity contribution is 8.18. The highest BCUT2D eigenvalue weighted by Gasteiger charge is 2.27. The fourth-order valence-corrected chi connectivity index (χ4v) is 4.00. The van der Waals surface area contributed by atoms with Crippen molar-refractivity contribution in [3.63, 3.8) is 0 Å². The Labute approximate surface area is 165 Å². The number of aliphatic imine (C=N–C) groups is 1. The lowest BCUT2D eigenvalue weighted by Crippen LogP contribution is -2.30. The van der Waals surface area contributed by atoms with Crippen molar-refractivity contribution in [3.05, 3.63) is 34.5 Å². The van der Waals surface area contributed by atoms with Gasteiger partial charge in [0.05, 0.1) is 4.91 Å². The van der Waals surface area contributed by atoms with E-state index in [0.717, 1.165) is 31.7 Å². The van der Waals surface area contributed by atoms with Crippen LogP contribution < -0.4 is 4.74 Å². The molecular weight excluding hydrogens is 383 g/mol. The minimum atomic E-state index is -0.517. The summed E-state index contributed by atoms with van der Waals surface area (Å²) in [6.07, 6.45) is 6.58. The van der Waals surface area contributed by atoms with E-state index in [1.165, 1.54) is 23.9 Å². The van der Waals surface area contributed by atoms with Crippen molar-refractivity contribution in [2.75, 3.05) is 19.6 Å². The normalized spacial score (nSPS) is 20.8. The molecule has 0 radical (unpaired) electrons. The molecule has 0 bridgehead atoms. The number of hydrogen-bond donors (Lipinski definition) is 0. The van der Waals surface area contributed by atoms with Gasteiger partial charge in [-0.1, -0.05) is 0 Å². The zero-order chi connectivity index (χ0) is 19.5. The number of nitrogens with zero attached hydrogens (tertiary/aromatic N) is 4. The molecule has 1 fully saturated rings. The Balaban J connectivity index is 1.54. The highest BCUT2D eigenvalue weighted by Crippen LogP contribution is 2.33. The molecule has 1 saturated heterocycles. The average molecular weight is 402 g/mol. The fraction of sp³-hybridized carbons (Fsp3) is 0.368. The number of carbonyl (C=O) groups excluding carboxylic acids is 2. The van der Waals surface area contributed by atoms with Crippen LogP contribution in [0.3, 0.4) is 0 Å². The van der Waals surface area contributed by atoms with Crippen LogP contribution in [0.5, 0.6) is 5.75 Å². The van der Waals surface area contributed by atoms with Gasteiger partial charge >= 0.3 is 6.09 Å². The molecule has 0 atom stereocenters. The summed E-state index contributed by atoms with van der Waals surface area (Å²) in [4.78, 5) is 30.6. The van der Waals surface area contributed by atoms with Crippen molar-refractivity contribution in [2.24, 2.45) is 10.1 Å².